The Kier molecular flexibility index (Phi) is 19.3. The molecular formula is C60H79N9O8. The van der Waals surface area contributed by atoms with E-state index in [0.717, 1.165) is 58.4 Å². The number of amides is 8. The van der Waals surface area contributed by atoms with Crippen LogP contribution in [0.15, 0.2) is 84.9 Å². The molecule has 4 fully saturated rings. The minimum absolute atomic E-state index is 0.0322. The Balaban J connectivity index is 0.871. The summed E-state index contributed by atoms with van der Waals surface area (Å²) in [6, 6.07) is 25.3. The molecule has 8 rings (SSSR count). The molecule has 4 aliphatic rings. The summed E-state index contributed by atoms with van der Waals surface area (Å²) in [5.41, 5.74) is 7.60. The molecule has 8 amide bonds. The molecule has 0 bridgehead atoms. The fourth-order valence-corrected chi connectivity index (χ4v) is 12.6. The molecule has 77 heavy (non-hydrogen) atoms. The number of carbonyl (C=O) groups excluding carboxylic acids is 8. The van der Waals surface area contributed by atoms with E-state index >= 15 is 0 Å². The van der Waals surface area contributed by atoms with Gasteiger partial charge in [-0.2, -0.15) is 0 Å². The monoisotopic (exact) mass is 1050 g/mol. The van der Waals surface area contributed by atoms with E-state index in [1.54, 1.807) is 0 Å². The summed E-state index contributed by atoms with van der Waals surface area (Å²) in [5.74, 6) is -4.67. The van der Waals surface area contributed by atoms with Crippen molar-refractivity contribution in [2.75, 3.05) is 19.6 Å². The number of benzene rings is 4. The van der Waals surface area contributed by atoms with Crippen molar-refractivity contribution in [3.63, 3.8) is 0 Å². The lowest BCUT2D eigenvalue weighted by Gasteiger charge is -2.28. The molecule has 17 heteroatoms. The van der Waals surface area contributed by atoms with Crippen LogP contribution in [0.5, 0.6) is 0 Å². The maximum atomic E-state index is 14.2. The van der Waals surface area contributed by atoms with Gasteiger partial charge >= 0.3 is 0 Å². The number of hydrogen-bond donors (Lipinski definition) is 9. The molecule has 0 radical (unpaired) electrons. The molecule has 3 aliphatic carbocycles. The Morgan fingerprint density at radius 2 is 1.14 bits per heavy atom. The zero-order valence-corrected chi connectivity index (χ0v) is 44.9. The van der Waals surface area contributed by atoms with Crippen molar-refractivity contribution in [2.45, 2.75) is 147 Å². The lowest BCUT2D eigenvalue weighted by molar-refractivity contribution is -0.131. The second-order valence-corrected chi connectivity index (χ2v) is 22.7. The summed E-state index contributed by atoms with van der Waals surface area (Å²) in [7, 11) is 0. The number of carbonyl (C=O) groups is 8. The van der Waals surface area contributed by atoms with E-state index in [-0.39, 0.29) is 84.7 Å². The summed E-state index contributed by atoms with van der Waals surface area (Å²) in [6.45, 7) is 6.20. The molecule has 1 heterocycles. The third kappa shape index (κ3) is 15.2. The highest BCUT2D eigenvalue weighted by molar-refractivity contribution is 5.89. The second-order valence-electron chi connectivity index (χ2n) is 22.7. The number of nitrogens with one attached hydrogen (secondary N) is 8. The van der Waals surface area contributed by atoms with Gasteiger partial charge in [0.15, 0.2) is 0 Å². The highest BCUT2D eigenvalue weighted by Crippen LogP contribution is 2.31. The number of nitrogens with two attached hydrogens (primary N) is 1. The van der Waals surface area contributed by atoms with Crippen molar-refractivity contribution < 1.29 is 38.4 Å². The van der Waals surface area contributed by atoms with Crippen LogP contribution in [-0.4, -0.2) is 103 Å². The first-order valence-corrected chi connectivity index (χ1v) is 28.1. The number of primary amides is 1. The van der Waals surface area contributed by atoms with Gasteiger partial charge in [0.25, 0.3) is 0 Å². The molecule has 4 aromatic carbocycles. The summed E-state index contributed by atoms with van der Waals surface area (Å²) in [6.07, 6.45) is 7.31. The zero-order chi connectivity index (χ0) is 54.6. The fraction of sp³-hybridized carbons (Fsp3) is 0.533. The Morgan fingerprint density at radius 1 is 0.571 bits per heavy atom. The van der Waals surface area contributed by atoms with E-state index in [1.165, 1.54) is 6.92 Å². The molecule has 3 saturated carbocycles. The van der Waals surface area contributed by atoms with Gasteiger partial charge < -0.3 is 48.3 Å². The number of hydrogen-bond acceptors (Lipinski definition) is 9. The van der Waals surface area contributed by atoms with E-state index in [1.807, 2.05) is 92.7 Å². The summed E-state index contributed by atoms with van der Waals surface area (Å²) in [4.78, 5) is 108. The SMILES string of the molecule is CC(=O)N[C@@H]1CCC[C@@H]1C(=O)N[C@@H]1CCC[C@@H]1C(=O)N[C@H](CC(=O)NC[C@H](CC(C)C)C(=O)N[C@@H]1CNC[C@@H]1C(=O)N[C@@H]1CCC[C@@H]1C(=O)N[C@H](CC(N)=O)Cc1cccc2ccccc12)Cc1ccc2ccccc2c1. The van der Waals surface area contributed by atoms with Crippen molar-refractivity contribution in [2.24, 2.45) is 41.2 Å². The largest absolute Gasteiger partial charge is 0.370 e. The lowest BCUT2D eigenvalue weighted by atomic mass is 9.94. The average molecular weight is 1050 g/mol. The summed E-state index contributed by atoms with van der Waals surface area (Å²) in [5, 5.41) is 29.1. The van der Waals surface area contributed by atoms with Crippen molar-refractivity contribution in [3.05, 3.63) is 96.1 Å². The van der Waals surface area contributed by atoms with Gasteiger partial charge in [-0.05, 0) is 96.4 Å². The first-order valence-electron chi connectivity index (χ1n) is 28.1. The molecule has 0 aromatic heterocycles. The van der Waals surface area contributed by atoms with Crippen LogP contribution >= 0.6 is 0 Å². The molecule has 0 spiro atoms. The molecular weight excluding hydrogens is 975 g/mol. The standard InChI is InChI=1S/C60H79N9O8/c1-35(2)26-42(56(73)69-53-34-62-33-49(53)60(77)68-52-23-11-20-48(52)58(75)66-44(30-54(61)71)29-41-16-8-15-39-13-6-7-17-45(39)41)32-63-55(72)31-43(28-37-24-25-38-12-4-5-14-40(38)27-37)65-57(74)47-19-10-22-51(47)67-59(76)46-18-9-21-50(46)64-36(3)70/h4-8,12-17,24-25,27,35,42-44,46-53,62H,9-11,18-23,26,28-34H2,1-3H3,(H2,61,71)(H,63,72)(H,64,70)(H,65,74)(H,66,75)(H,67,76)(H,68,77)(H,69,73)/t42-,43-,44-,46-,47-,48-,49-,50+,51+,52+,53+/m0/s1. The van der Waals surface area contributed by atoms with Crippen molar-refractivity contribution in [1.82, 2.24) is 42.5 Å². The van der Waals surface area contributed by atoms with Gasteiger partial charge in [0.1, 0.15) is 0 Å². The zero-order valence-electron chi connectivity index (χ0n) is 44.9. The number of fused-ring (bicyclic) bond motifs is 2. The first-order chi connectivity index (χ1) is 37.1. The Bertz CT molecular complexity index is 2780. The van der Waals surface area contributed by atoms with Crippen LogP contribution in [-0.2, 0) is 51.2 Å². The quantitative estimate of drug-likeness (QED) is 0.0511. The minimum Gasteiger partial charge on any atom is -0.370 e. The van der Waals surface area contributed by atoms with Crippen LogP contribution in [0.25, 0.3) is 21.5 Å². The molecule has 0 unspecified atom stereocenters. The highest BCUT2D eigenvalue weighted by Gasteiger charge is 2.42. The van der Waals surface area contributed by atoms with Gasteiger partial charge in [-0.1, -0.05) is 118 Å². The third-order valence-electron chi connectivity index (χ3n) is 16.4. The summed E-state index contributed by atoms with van der Waals surface area (Å²) >= 11 is 0. The average Bonchev–Trinajstić information content (AvgIpc) is 4.25. The van der Waals surface area contributed by atoms with Gasteiger partial charge in [0.05, 0.1) is 35.6 Å². The van der Waals surface area contributed by atoms with E-state index < -0.39 is 53.7 Å². The normalized spacial score (nSPS) is 24.2. The number of rotatable bonds is 23. The molecule has 17 nitrogen and oxygen atoms in total. The van der Waals surface area contributed by atoms with Crippen LogP contribution in [0.2, 0.25) is 0 Å². The third-order valence-corrected chi connectivity index (χ3v) is 16.4. The van der Waals surface area contributed by atoms with Gasteiger partial charge in [-0.25, -0.2) is 0 Å². The molecule has 4 aromatic rings. The van der Waals surface area contributed by atoms with E-state index in [2.05, 4.69) is 48.6 Å². The predicted molar refractivity (Wildman–Crippen MR) is 295 cm³/mol. The highest BCUT2D eigenvalue weighted by atomic mass is 16.2. The van der Waals surface area contributed by atoms with E-state index in [0.29, 0.717) is 64.5 Å². The van der Waals surface area contributed by atoms with Crippen LogP contribution in [0.1, 0.15) is 109 Å². The molecule has 11 atom stereocenters. The lowest BCUT2D eigenvalue weighted by Crippen LogP contribution is -2.53. The van der Waals surface area contributed by atoms with Gasteiger partial charge in [-0.3, -0.25) is 38.4 Å². The van der Waals surface area contributed by atoms with Crippen molar-refractivity contribution in [1.29, 1.82) is 0 Å². The molecule has 1 saturated heterocycles. The van der Waals surface area contributed by atoms with Gasteiger partial charge in [0.2, 0.25) is 47.3 Å². The van der Waals surface area contributed by atoms with Crippen LogP contribution in [0, 0.1) is 35.5 Å². The van der Waals surface area contributed by atoms with Crippen LogP contribution in [0.3, 0.4) is 0 Å². The van der Waals surface area contributed by atoms with E-state index in [9.17, 15) is 38.4 Å². The van der Waals surface area contributed by atoms with E-state index in [4.69, 9.17) is 5.73 Å². The van der Waals surface area contributed by atoms with Gasteiger partial charge in [0, 0.05) is 69.6 Å². The second kappa shape index (κ2) is 26.4. The first kappa shape index (κ1) is 56.3. The Morgan fingerprint density at radius 3 is 1.78 bits per heavy atom. The fourth-order valence-electron chi connectivity index (χ4n) is 12.6. The molecule has 412 valence electrons. The van der Waals surface area contributed by atoms with Crippen molar-refractivity contribution in [3.8, 4) is 0 Å². The van der Waals surface area contributed by atoms with Crippen LogP contribution in [0.4, 0.5) is 0 Å². The predicted octanol–water partition coefficient (Wildman–Crippen LogP) is 4.37. The van der Waals surface area contributed by atoms with Crippen molar-refractivity contribution >= 4 is 68.8 Å². The smallest absolute Gasteiger partial charge is 0.226 e. The van der Waals surface area contributed by atoms with Gasteiger partial charge in [-0.15, -0.1) is 0 Å². The topological polar surface area (TPSA) is 259 Å². The molecule has 10 N–H and O–H groups in total. The summed E-state index contributed by atoms with van der Waals surface area (Å²) < 4.78 is 0. The molecule has 1 aliphatic heterocycles. The minimum atomic E-state index is -0.616. The Hall–Kier alpha value is -6.88. The van der Waals surface area contributed by atoms with Crippen LogP contribution < -0.4 is 48.3 Å². The maximum Gasteiger partial charge on any atom is 0.226 e. The maximum absolute atomic E-state index is 14.2. The Labute approximate surface area is 451 Å².